The van der Waals surface area contributed by atoms with Crippen molar-refractivity contribution in [1.29, 1.82) is 0 Å². The predicted molar refractivity (Wildman–Crippen MR) is 191 cm³/mol. The van der Waals surface area contributed by atoms with Crippen molar-refractivity contribution in [3.8, 4) is 11.5 Å². The lowest BCUT2D eigenvalue weighted by atomic mass is 9.92. The van der Waals surface area contributed by atoms with Crippen LogP contribution in [0.3, 0.4) is 0 Å². The zero-order valence-electron chi connectivity index (χ0n) is 29.2. The monoisotopic (exact) mass is 652 g/mol. The number of ether oxygens (including phenoxy) is 2. The van der Waals surface area contributed by atoms with Crippen LogP contribution in [-0.2, 0) is 12.8 Å². The lowest BCUT2D eigenvalue weighted by Gasteiger charge is -2.53. The highest BCUT2D eigenvalue weighted by atomic mass is 16.5. The van der Waals surface area contributed by atoms with Crippen molar-refractivity contribution in [2.75, 3.05) is 93.8 Å². The first-order valence-corrected chi connectivity index (χ1v) is 18.2. The molecule has 6 aliphatic heterocycles. The Morgan fingerprint density at radius 1 is 0.583 bits per heavy atom. The normalized spacial score (nSPS) is 28.4. The second kappa shape index (κ2) is 12.3. The number of benzene rings is 2. The molecule has 0 bridgehead atoms. The molecule has 2 N–H and O–H groups in total. The van der Waals surface area contributed by atoms with Gasteiger partial charge in [-0.15, -0.1) is 0 Å². The molecule has 0 amide bonds. The van der Waals surface area contributed by atoms with Gasteiger partial charge in [-0.3, -0.25) is 19.6 Å². The summed E-state index contributed by atoms with van der Waals surface area (Å²) < 4.78 is 10.9. The summed E-state index contributed by atoms with van der Waals surface area (Å²) in [6.45, 7) is 11.9. The first-order chi connectivity index (χ1) is 23.5. The number of aromatic nitrogens is 2. The second-order valence-corrected chi connectivity index (χ2v) is 15.0. The van der Waals surface area contributed by atoms with Gasteiger partial charge in [0, 0.05) is 98.6 Å². The van der Waals surface area contributed by atoms with Gasteiger partial charge < -0.3 is 29.2 Å². The number of nitrogens with one attached hydrogen (secondary N) is 2. The first-order valence-electron chi connectivity index (χ1n) is 18.2. The third-order valence-corrected chi connectivity index (χ3v) is 12.5. The quantitative estimate of drug-likeness (QED) is 0.336. The Balaban J connectivity index is 0.000000131. The average molecular weight is 653 g/mol. The molecule has 2 aromatic heterocycles. The molecule has 2 aromatic carbocycles. The molecule has 0 spiro atoms. The summed E-state index contributed by atoms with van der Waals surface area (Å²) in [5, 5.41) is 2.71. The minimum absolute atomic E-state index is 0.542. The fourth-order valence-corrected chi connectivity index (χ4v) is 9.91. The molecule has 8 heterocycles. The number of aromatic amines is 2. The lowest BCUT2D eigenvalue weighted by molar-refractivity contribution is -0.0772. The molecule has 10 nitrogen and oxygen atoms in total. The van der Waals surface area contributed by atoms with Crippen molar-refractivity contribution >= 4 is 21.8 Å². The minimum Gasteiger partial charge on any atom is -0.497 e. The van der Waals surface area contributed by atoms with Crippen LogP contribution in [0, 0.1) is 0 Å². The van der Waals surface area contributed by atoms with E-state index in [1.54, 1.807) is 14.2 Å². The summed E-state index contributed by atoms with van der Waals surface area (Å²) in [4.78, 5) is 23.3. The van der Waals surface area contributed by atoms with Crippen LogP contribution in [0.1, 0.15) is 47.4 Å². The molecule has 0 aliphatic carbocycles. The molecule has 48 heavy (non-hydrogen) atoms. The number of rotatable bonds is 2. The Labute approximate surface area is 284 Å². The number of piperazine rings is 2. The molecule has 256 valence electrons. The second-order valence-electron chi connectivity index (χ2n) is 15.0. The number of fused-ring (bicyclic) bond motifs is 14. The zero-order valence-corrected chi connectivity index (χ0v) is 29.2. The summed E-state index contributed by atoms with van der Waals surface area (Å²) in [6.07, 6.45) is 5.89. The number of nitrogens with zero attached hydrogens (tertiary/aromatic N) is 6. The van der Waals surface area contributed by atoms with Crippen LogP contribution >= 0.6 is 0 Å². The topological polar surface area (TPSA) is 69.5 Å². The number of hydrogen-bond donors (Lipinski definition) is 2. The third kappa shape index (κ3) is 5.15. The van der Waals surface area contributed by atoms with E-state index in [4.69, 9.17) is 9.47 Å². The van der Waals surface area contributed by atoms with Crippen LogP contribution in [-0.4, -0.2) is 145 Å². The van der Waals surface area contributed by atoms with E-state index in [9.17, 15) is 0 Å². The van der Waals surface area contributed by atoms with Gasteiger partial charge in [0.2, 0.25) is 0 Å². The van der Waals surface area contributed by atoms with Crippen LogP contribution in [0.25, 0.3) is 21.8 Å². The predicted octanol–water partition coefficient (Wildman–Crippen LogP) is 4.11. The molecular weight excluding hydrogens is 600 g/mol. The van der Waals surface area contributed by atoms with Crippen molar-refractivity contribution in [3.05, 3.63) is 58.9 Å². The molecular formula is C38H52N8O2. The number of likely N-dealkylation sites (N-methyl/N-ethyl adjacent to an activating group) is 2. The smallest absolute Gasteiger partial charge is 0.119 e. The van der Waals surface area contributed by atoms with Crippen LogP contribution < -0.4 is 9.47 Å². The molecule has 0 saturated carbocycles. The standard InChI is InChI=1S/2C19H26N4O/c2*1-21-9-10-22-7-6-17-19-14(5-8-23(17)18(22)12-21)15-11-13(24-2)3-4-16(15)20-19/h2*3-4,11,17-18,20H,5-10,12H2,1-2H3/t2*17-,18-/m10/s1. The van der Waals surface area contributed by atoms with E-state index in [1.807, 2.05) is 0 Å². The third-order valence-electron chi connectivity index (χ3n) is 12.5. The number of H-pyrrole nitrogens is 2. The van der Waals surface area contributed by atoms with Gasteiger partial charge in [0.05, 0.1) is 38.6 Å². The van der Waals surface area contributed by atoms with Gasteiger partial charge in [0.25, 0.3) is 0 Å². The van der Waals surface area contributed by atoms with E-state index in [2.05, 4.69) is 89.9 Å². The Morgan fingerprint density at radius 2 is 1.04 bits per heavy atom. The van der Waals surface area contributed by atoms with E-state index in [-0.39, 0.29) is 0 Å². The molecule has 4 fully saturated rings. The molecule has 4 saturated heterocycles. The van der Waals surface area contributed by atoms with Crippen molar-refractivity contribution in [2.24, 2.45) is 0 Å². The van der Waals surface area contributed by atoms with Gasteiger partial charge in [-0.05, 0) is 87.3 Å². The van der Waals surface area contributed by atoms with Crippen molar-refractivity contribution < 1.29 is 9.47 Å². The molecule has 0 unspecified atom stereocenters. The van der Waals surface area contributed by atoms with E-state index in [0.29, 0.717) is 24.4 Å². The zero-order chi connectivity index (χ0) is 32.5. The van der Waals surface area contributed by atoms with Crippen LogP contribution in [0.5, 0.6) is 11.5 Å². The SMILES string of the molecule is COc1ccc2[nH]c3c(c2c1)CCN1[C@@H]3CCN2CCN(C)C[C@H]21.COc1ccc2[nH]c3c(c2c1)CCN1[C@H]3CCN2CCN(C)C[C@@H]21. The van der Waals surface area contributed by atoms with Gasteiger partial charge in [0.15, 0.2) is 0 Å². The largest absolute Gasteiger partial charge is 0.497 e. The summed E-state index contributed by atoms with van der Waals surface area (Å²) in [6, 6.07) is 13.9. The van der Waals surface area contributed by atoms with E-state index < -0.39 is 0 Å². The summed E-state index contributed by atoms with van der Waals surface area (Å²) in [5.74, 6) is 1.91. The molecule has 10 heteroatoms. The van der Waals surface area contributed by atoms with Crippen molar-refractivity contribution in [1.82, 2.24) is 39.4 Å². The van der Waals surface area contributed by atoms with E-state index in [0.717, 1.165) is 37.4 Å². The van der Waals surface area contributed by atoms with Crippen molar-refractivity contribution in [3.63, 3.8) is 0 Å². The Kier molecular flexibility index (Phi) is 7.94. The summed E-state index contributed by atoms with van der Waals surface area (Å²) >= 11 is 0. The maximum atomic E-state index is 5.44. The molecule has 4 aromatic rings. The highest BCUT2D eigenvalue weighted by molar-refractivity contribution is 5.87. The van der Waals surface area contributed by atoms with Crippen LogP contribution in [0.15, 0.2) is 36.4 Å². The minimum atomic E-state index is 0.542. The fraction of sp³-hybridized carbons (Fsp3) is 0.579. The molecule has 4 atom stereocenters. The summed E-state index contributed by atoms with van der Waals surface area (Å²) in [5.41, 5.74) is 8.46. The Morgan fingerprint density at radius 3 is 1.48 bits per heavy atom. The molecule has 6 aliphatic rings. The van der Waals surface area contributed by atoms with Crippen LogP contribution in [0.4, 0.5) is 0 Å². The highest BCUT2D eigenvalue weighted by Crippen LogP contribution is 2.43. The number of methoxy groups -OCH3 is 2. The van der Waals surface area contributed by atoms with Gasteiger partial charge >= 0.3 is 0 Å². The van der Waals surface area contributed by atoms with Gasteiger partial charge in [-0.25, -0.2) is 0 Å². The fourth-order valence-electron chi connectivity index (χ4n) is 9.91. The maximum Gasteiger partial charge on any atom is 0.119 e. The Hall–Kier alpha value is -3.12. The van der Waals surface area contributed by atoms with Gasteiger partial charge in [-0.2, -0.15) is 0 Å². The molecule has 0 radical (unpaired) electrons. The Bertz CT molecular complexity index is 1670. The maximum absolute atomic E-state index is 5.44. The van der Waals surface area contributed by atoms with Crippen LogP contribution in [0.2, 0.25) is 0 Å². The van der Waals surface area contributed by atoms with E-state index in [1.165, 1.54) is 110 Å². The average Bonchev–Trinajstić information content (AvgIpc) is 3.69. The van der Waals surface area contributed by atoms with E-state index >= 15 is 0 Å². The number of hydrogen-bond acceptors (Lipinski definition) is 8. The summed E-state index contributed by atoms with van der Waals surface area (Å²) in [7, 11) is 8.01. The highest BCUT2D eigenvalue weighted by Gasteiger charge is 2.43. The molecule has 10 rings (SSSR count). The van der Waals surface area contributed by atoms with Gasteiger partial charge in [-0.1, -0.05) is 0 Å². The lowest BCUT2D eigenvalue weighted by Crippen LogP contribution is -2.64. The van der Waals surface area contributed by atoms with Crippen molar-refractivity contribution in [2.45, 2.75) is 50.1 Å². The first kappa shape index (κ1) is 30.9. The van der Waals surface area contributed by atoms with Gasteiger partial charge in [0.1, 0.15) is 11.5 Å².